The van der Waals surface area contributed by atoms with Gasteiger partial charge in [0.2, 0.25) is 0 Å². The fraction of sp³-hybridized carbons (Fsp3) is 0. The predicted octanol–water partition coefficient (Wildman–Crippen LogP) is -6.12. The average Bonchev–Trinajstić information content (AvgIpc) is 0.811. The molecule has 0 unspecified atom stereocenters. The van der Waals surface area contributed by atoms with E-state index >= 15 is 0 Å². The van der Waals surface area contributed by atoms with Crippen LogP contribution in [0.2, 0.25) is 0 Å². The maximum Gasteiger partial charge on any atom is 1.00 e. The quantitative estimate of drug-likeness (QED) is 0.362. The average molecular weight is 228 g/mol. The molecule has 0 aliphatic carbocycles. The Hall–Kier alpha value is 2.40. The largest absolute Gasteiger partial charge is 1.00 e. The molecule has 0 aromatic carbocycles. The van der Waals surface area contributed by atoms with Crippen molar-refractivity contribution < 1.29 is 73.4 Å². The number of rotatable bonds is 0. The van der Waals surface area contributed by atoms with E-state index in [-0.39, 0.29) is 75.6 Å². The summed E-state index contributed by atoms with van der Waals surface area (Å²) in [6.07, 6.45) is 0. The van der Waals surface area contributed by atoms with Gasteiger partial charge in [0.05, 0.1) is 0 Å². The SMILES string of the molecule is OB(O)O.[AlH3].[Cd].[H-].[Na+]. The van der Waals surface area contributed by atoms with Crippen LogP contribution in [0.1, 0.15) is 1.43 Å². The van der Waals surface area contributed by atoms with Gasteiger partial charge in [0, 0.05) is 27.3 Å². The van der Waals surface area contributed by atoms with Crippen molar-refractivity contribution in [3.63, 3.8) is 0 Å². The fourth-order valence-corrected chi connectivity index (χ4v) is 0. The third kappa shape index (κ3) is 59.7. The van der Waals surface area contributed by atoms with Crippen LogP contribution in [0.4, 0.5) is 0 Å². The van der Waals surface area contributed by atoms with E-state index in [1.54, 1.807) is 0 Å². The van der Waals surface area contributed by atoms with E-state index in [0.29, 0.717) is 0 Å². The first-order chi connectivity index (χ1) is 1.73. The molecule has 0 aromatic rings. The second kappa shape index (κ2) is 15.8. The summed E-state index contributed by atoms with van der Waals surface area (Å²) in [4.78, 5) is 0. The van der Waals surface area contributed by atoms with Gasteiger partial charge in [0.1, 0.15) is 0 Å². The zero-order valence-corrected chi connectivity index (χ0v) is 9.66. The Kier molecular flexibility index (Phi) is 51.3. The van der Waals surface area contributed by atoms with Crippen molar-refractivity contribution in [2.24, 2.45) is 0 Å². The van der Waals surface area contributed by atoms with Crippen molar-refractivity contribution in [3.8, 4) is 0 Å². The molecule has 0 aliphatic rings. The van der Waals surface area contributed by atoms with Crippen LogP contribution in [0.15, 0.2) is 0 Å². The fourth-order valence-electron chi connectivity index (χ4n) is 0. The second-order valence-corrected chi connectivity index (χ2v) is 0.346. The molecule has 0 saturated carbocycles. The molecule has 0 spiro atoms. The van der Waals surface area contributed by atoms with Crippen LogP contribution in [0.3, 0.4) is 0 Å². The summed E-state index contributed by atoms with van der Waals surface area (Å²) in [6.45, 7) is 0. The minimum Gasteiger partial charge on any atom is -1.00 e. The monoisotopic (exact) mass is 230 g/mol. The maximum atomic E-state index is 7.17. The van der Waals surface area contributed by atoms with E-state index in [1.165, 1.54) is 0 Å². The second-order valence-electron chi connectivity index (χ2n) is 0.346. The Labute approximate surface area is 96.7 Å². The molecule has 3 nitrogen and oxygen atoms in total. The van der Waals surface area contributed by atoms with Gasteiger partial charge in [-0.3, -0.25) is 0 Å². The smallest absolute Gasteiger partial charge is 1.00 e. The molecule has 0 amide bonds. The van der Waals surface area contributed by atoms with E-state index in [2.05, 4.69) is 0 Å². The van der Waals surface area contributed by atoms with Crippen molar-refractivity contribution in [1.82, 2.24) is 0 Å². The van der Waals surface area contributed by atoms with Crippen LogP contribution < -0.4 is 29.6 Å². The summed E-state index contributed by atoms with van der Waals surface area (Å²) in [6, 6.07) is 0. The summed E-state index contributed by atoms with van der Waals surface area (Å²) in [5, 5.41) is 21.5. The molecular formula is H7AlBCdNaO3. The minimum absolute atomic E-state index is 0. The molecule has 0 fully saturated rings. The van der Waals surface area contributed by atoms with Crippen molar-refractivity contribution >= 4 is 24.7 Å². The molecule has 7 heavy (non-hydrogen) atoms. The van der Waals surface area contributed by atoms with E-state index in [9.17, 15) is 0 Å². The number of hydrogen-bond donors (Lipinski definition) is 3. The Morgan fingerprint density at radius 3 is 1.14 bits per heavy atom. The Morgan fingerprint density at radius 2 is 1.14 bits per heavy atom. The predicted molar refractivity (Wildman–Crippen MR) is 23.5 cm³/mol. The van der Waals surface area contributed by atoms with Crippen molar-refractivity contribution in [3.05, 3.63) is 0 Å². The first-order valence-electron chi connectivity index (χ1n) is 0.775. The van der Waals surface area contributed by atoms with Crippen molar-refractivity contribution in [2.75, 3.05) is 0 Å². The molecule has 0 aliphatic heterocycles. The van der Waals surface area contributed by atoms with Crippen molar-refractivity contribution in [2.45, 2.75) is 0 Å². The van der Waals surface area contributed by atoms with Gasteiger partial charge in [-0.1, -0.05) is 0 Å². The first kappa shape index (κ1) is 22.7. The van der Waals surface area contributed by atoms with Gasteiger partial charge in [0.15, 0.2) is 17.4 Å². The van der Waals surface area contributed by atoms with Gasteiger partial charge in [-0.15, -0.1) is 0 Å². The molecule has 0 bridgehead atoms. The molecule has 0 saturated heterocycles. The summed E-state index contributed by atoms with van der Waals surface area (Å²) >= 11 is 0. The van der Waals surface area contributed by atoms with Gasteiger partial charge in [-0.05, 0) is 0 Å². The van der Waals surface area contributed by atoms with Gasteiger partial charge < -0.3 is 16.5 Å². The first-order valence-corrected chi connectivity index (χ1v) is 0.775. The van der Waals surface area contributed by atoms with E-state index in [0.717, 1.165) is 0 Å². The zero-order chi connectivity index (χ0) is 3.58. The summed E-state index contributed by atoms with van der Waals surface area (Å²) in [5.41, 5.74) is 0. The third-order valence-corrected chi connectivity index (χ3v) is 0. The summed E-state index contributed by atoms with van der Waals surface area (Å²) in [5.74, 6) is 0. The van der Waals surface area contributed by atoms with Gasteiger partial charge in [-0.2, -0.15) is 0 Å². The van der Waals surface area contributed by atoms with E-state index in [4.69, 9.17) is 15.1 Å². The third-order valence-electron chi connectivity index (χ3n) is 0. The molecule has 3 N–H and O–H groups in total. The van der Waals surface area contributed by atoms with Gasteiger partial charge >= 0.3 is 36.9 Å². The molecule has 34 valence electrons. The van der Waals surface area contributed by atoms with Crippen LogP contribution in [-0.4, -0.2) is 39.8 Å². The van der Waals surface area contributed by atoms with Gasteiger partial charge in [-0.25, -0.2) is 0 Å². The standard InChI is InChI=1S/Al.BH3O3.Cd.Na.4H/c;2-1(3)4;;;;;;/h;2-4H;;;;;;/q;;;+1;;;;-1. The molecule has 0 aromatic heterocycles. The molecule has 0 rings (SSSR count). The van der Waals surface area contributed by atoms with Crippen LogP contribution >= 0.6 is 0 Å². The van der Waals surface area contributed by atoms with Crippen LogP contribution in [0, 0.1) is 0 Å². The Balaban J connectivity index is -0.00000000750. The van der Waals surface area contributed by atoms with E-state index in [1.807, 2.05) is 0 Å². The normalized spacial score (nSPS) is 3.86. The molecular weight excluding hydrogens is 221 g/mol. The van der Waals surface area contributed by atoms with Crippen molar-refractivity contribution in [1.29, 1.82) is 0 Å². The molecule has 0 heterocycles. The Bertz CT molecular complexity index is 24.0. The van der Waals surface area contributed by atoms with Crippen LogP contribution in [0.25, 0.3) is 0 Å². The summed E-state index contributed by atoms with van der Waals surface area (Å²) in [7, 11) is -2.17. The van der Waals surface area contributed by atoms with Gasteiger partial charge in [0.25, 0.3) is 0 Å². The Morgan fingerprint density at radius 1 is 1.14 bits per heavy atom. The topological polar surface area (TPSA) is 60.7 Å². The summed E-state index contributed by atoms with van der Waals surface area (Å²) < 4.78 is 0. The molecule has 7 heteroatoms. The maximum absolute atomic E-state index is 7.17. The van der Waals surface area contributed by atoms with Crippen LogP contribution in [0.5, 0.6) is 0 Å². The minimum atomic E-state index is -2.17. The molecule has 0 atom stereocenters. The zero-order valence-electron chi connectivity index (χ0n) is 4.63. The number of hydrogen-bond acceptors (Lipinski definition) is 3. The van der Waals surface area contributed by atoms with Crippen LogP contribution in [-0.2, 0) is 27.3 Å². The van der Waals surface area contributed by atoms with E-state index < -0.39 is 7.32 Å². The molecule has 0 radical (unpaired) electrons.